The van der Waals surface area contributed by atoms with Crippen LogP contribution in [0.1, 0.15) is 0 Å². The predicted octanol–water partition coefficient (Wildman–Crippen LogP) is 12.5. The quantitative estimate of drug-likeness (QED) is 0.185. The molecule has 0 aliphatic heterocycles. The first-order valence-electron chi connectivity index (χ1n) is 16.6. The van der Waals surface area contributed by atoms with Gasteiger partial charge in [0.2, 0.25) is 0 Å². The van der Waals surface area contributed by atoms with Crippen LogP contribution in [0.15, 0.2) is 168 Å². The van der Waals surface area contributed by atoms with E-state index in [9.17, 15) is 0 Å². The Hall–Kier alpha value is -6.43. The maximum absolute atomic E-state index is 6.72. The van der Waals surface area contributed by atoms with Crippen LogP contribution in [-0.4, -0.2) is 15.0 Å². The van der Waals surface area contributed by atoms with Crippen molar-refractivity contribution in [2.75, 3.05) is 0 Å². The van der Waals surface area contributed by atoms with Gasteiger partial charge in [0.15, 0.2) is 5.82 Å². The fraction of sp³-hybridized carbons (Fsp3) is 0. The fourth-order valence-corrected chi connectivity index (χ4v) is 8.08. The molecule has 0 aliphatic carbocycles. The molecule has 0 aliphatic rings. The third kappa shape index (κ3) is 4.79. The van der Waals surface area contributed by atoms with E-state index in [1.54, 1.807) is 0 Å². The van der Waals surface area contributed by atoms with E-state index in [4.69, 9.17) is 14.4 Å². The fourth-order valence-electron chi connectivity index (χ4n) is 6.99. The molecule has 0 radical (unpaired) electrons. The van der Waals surface area contributed by atoms with Crippen LogP contribution in [0.3, 0.4) is 0 Å². The molecule has 0 saturated carbocycles. The third-order valence-corrected chi connectivity index (χ3v) is 10.6. The number of rotatable bonds is 5. The van der Waals surface area contributed by atoms with Gasteiger partial charge in [0, 0.05) is 65.6 Å². The summed E-state index contributed by atoms with van der Waals surface area (Å²) in [5.41, 5.74) is 10.8. The number of hydrogen-bond acceptors (Lipinski definition) is 5. The number of thiophene rings is 1. The molecule has 234 valence electrons. The first kappa shape index (κ1) is 28.6. The minimum atomic E-state index is 0.677. The van der Waals surface area contributed by atoms with E-state index in [0.29, 0.717) is 5.82 Å². The number of furan rings is 1. The second-order valence-corrected chi connectivity index (χ2v) is 13.5. The molecule has 4 heterocycles. The minimum Gasteiger partial charge on any atom is -0.455 e. The molecule has 0 atom stereocenters. The van der Waals surface area contributed by atoms with Crippen molar-refractivity contribution in [1.29, 1.82) is 0 Å². The Bertz CT molecular complexity index is 2860. The van der Waals surface area contributed by atoms with Gasteiger partial charge >= 0.3 is 0 Å². The molecule has 4 nitrogen and oxygen atoms in total. The van der Waals surface area contributed by atoms with Crippen LogP contribution in [0, 0.1) is 0 Å². The molecule has 6 aromatic carbocycles. The number of para-hydroxylation sites is 1. The second kappa shape index (κ2) is 11.6. The van der Waals surface area contributed by atoms with Crippen molar-refractivity contribution < 1.29 is 4.42 Å². The summed E-state index contributed by atoms with van der Waals surface area (Å²) in [5, 5.41) is 4.65. The van der Waals surface area contributed by atoms with Gasteiger partial charge in [-0.1, -0.05) is 103 Å². The monoisotopic (exact) mass is 657 g/mol. The Labute approximate surface area is 292 Å². The summed E-state index contributed by atoms with van der Waals surface area (Å²) in [4.78, 5) is 14.5. The topological polar surface area (TPSA) is 51.8 Å². The molecule has 0 spiro atoms. The van der Waals surface area contributed by atoms with Crippen LogP contribution in [0.5, 0.6) is 0 Å². The molecule has 4 aromatic heterocycles. The van der Waals surface area contributed by atoms with Gasteiger partial charge in [-0.25, -0.2) is 9.97 Å². The van der Waals surface area contributed by atoms with Gasteiger partial charge in [-0.15, -0.1) is 11.3 Å². The van der Waals surface area contributed by atoms with E-state index in [0.717, 1.165) is 72.3 Å². The van der Waals surface area contributed by atoms with Crippen LogP contribution in [0.2, 0.25) is 0 Å². The van der Waals surface area contributed by atoms with E-state index in [1.165, 1.54) is 20.2 Å². The lowest BCUT2D eigenvalue weighted by molar-refractivity contribution is 0.670. The zero-order chi connectivity index (χ0) is 33.0. The molecule has 10 rings (SSSR count). The number of pyridine rings is 1. The molecular weight excluding hydrogens is 631 g/mol. The van der Waals surface area contributed by atoms with Gasteiger partial charge in [0.25, 0.3) is 0 Å². The summed E-state index contributed by atoms with van der Waals surface area (Å²) in [5.74, 6) is 0.677. The van der Waals surface area contributed by atoms with Gasteiger partial charge in [-0.05, 0) is 65.2 Å². The average molecular weight is 658 g/mol. The van der Waals surface area contributed by atoms with E-state index >= 15 is 0 Å². The Balaban J connectivity index is 1.18. The standard InChI is InChI=1S/C45H27N3OS/c1-2-8-31(9-3-1)45-47-38(30-16-14-28(15-17-30)29-22-24-46-25-23-29)27-39(48-45)35-20-19-33(44-43(35)36-11-4-6-12-40(36)49-44)32-18-21-42-37(26-32)34-10-5-7-13-41(34)50-42/h1-27H. The molecule has 0 amide bonds. The summed E-state index contributed by atoms with van der Waals surface area (Å²) in [6, 6.07) is 52.9. The molecule has 0 N–H and O–H groups in total. The molecule has 0 unspecified atom stereocenters. The summed E-state index contributed by atoms with van der Waals surface area (Å²) in [6.45, 7) is 0. The highest BCUT2D eigenvalue weighted by Gasteiger charge is 2.20. The highest BCUT2D eigenvalue weighted by atomic mass is 32.1. The first-order valence-corrected chi connectivity index (χ1v) is 17.4. The zero-order valence-electron chi connectivity index (χ0n) is 26.7. The molecular formula is C45H27N3OS. The van der Waals surface area contributed by atoms with Crippen molar-refractivity contribution in [2.24, 2.45) is 0 Å². The highest BCUT2D eigenvalue weighted by molar-refractivity contribution is 7.25. The number of fused-ring (bicyclic) bond motifs is 6. The van der Waals surface area contributed by atoms with Gasteiger partial charge in [0.05, 0.1) is 11.4 Å². The Morgan fingerprint density at radius 2 is 1.10 bits per heavy atom. The van der Waals surface area contributed by atoms with E-state index in [2.05, 4.69) is 114 Å². The van der Waals surface area contributed by atoms with Crippen LogP contribution in [0.25, 0.3) is 98.3 Å². The summed E-state index contributed by atoms with van der Waals surface area (Å²) >= 11 is 1.83. The SMILES string of the molecule is c1ccc(-c2nc(-c3ccc(-c4ccncc4)cc3)cc(-c3ccc(-c4ccc5sc6ccccc6c5c4)c4oc5ccccc5c34)n2)cc1. The summed E-state index contributed by atoms with van der Waals surface area (Å²) < 4.78 is 9.30. The predicted molar refractivity (Wildman–Crippen MR) is 207 cm³/mol. The molecule has 10 aromatic rings. The van der Waals surface area contributed by atoms with Crippen LogP contribution in [-0.2, 0) is 0 Å². The van der Waals surface area contributed by atoms with Crippen LogP contribution in [0.4, 0.5) is 0 Å². The Morgan fingerprint density at radius 1 is 0.440 bits per heavy atom. The lowest BCUT2D eigenvalue weighted by Crippen LogP contribution is -1.96. The molecule has 0 saturated heterocycles. The van der Waals surface area contributed by atoms with Crippen molar-refractivity contribution in [3.05, 3.63) is 164 Å². The van der Waals surface area contributed by atoms with Gasteiger partial charge in [-0.3, -0.25) is 4.98 Å². The van der Waals surface area contributed by atoms with Gasteiger partial charge in [-0.2, -0.15) is 0 Å². The molecule has 0 bridgehead atoms. The van der Waals surface area contributed by atoms with Crippen molar-refractivity contribution in [1.82, 2.24) is 15.0 Å². The van der Waals surface area contributed by atoms with E-state index in [1.807, 2.05) is 66.2 Å². The number of aromatic nitrogens is 3. The first-order chi connectivity index (χ1) is 24.8. The van der Waals surface area contributed by atoms with E-state index < -0.39 is 0 Å². The lowest BCUT2D eigenvalue weighted by Gasteiger charge is -2.12. The maximum atomic E-state index is 6.72. The average Bonchev–Trinajstić information content (AvgIpc) is 3.77. The van der Waals surface area contributed by atoms with Crippen molar-refractivity contribution in [2.45, 2.75) is 0 Å². The second-order valence-electron chi connectivity index (χ2n) is 12.4. The summed E-state index contributed by atoms with van der Waals surface area (Å²) in [6.07, 6.45) is 3.64. The Kier molecular flexibility index (Phi) is 6.64. The molecule has 5 heteroatoms. The number of benzene rings is 6. The normalized spacial score (nSPS) is 11.6. The lowest BCUT2D eigenvalue weighted by atomic mass is 9.95. The largest absolute Gasteiger partial charge is 0.455 e. The van der Waals surface area contributed by atoms with Crippen LogP contribution < -0.4 is 0 Å². The maximum Gasteiger partial charge on any atom is 0.160 e. The van der Waals surface area contributed by atoms with Crippen molar-refractivity contribution in [3.63, 3.8) is 0 Å². The molecule has 50 heavy (non-hydrogen) atoms. The molecule has 0 fully saturated rings. The minimum absolute atomic E-state index is 0.677. The zero-order valence-corrected chi connectivity index (χ0v) is 27.6. The summed E-state index contributed by atoms with van der Waals surface area (Å²) in [7, 11) is 0. The van der Waals surface area contributed by atoms with Crippen molar-refractivity contribution >= 4 is 53.4 Å². The number of nitrogens with zero attached hydrogens (tertiary/aromatic N) is 3. The van der Waals surface area contributed by atoms with Crippen molar-refractivity contribution in [3.8, 4) is 56.2 Å². The van der Waals surface area contributed by atoms with Crippen LogP contribution >= 0.6 is 11.3 Å². The number of hydrogen-bond donors (Lipinski definition) is 0. The van der Waals surface area contributed by atoms with Gasteiger partial charge in [0.1, 0.15) is 11.2 Å². The van der Waals surface area contributed by atoms with E-state index in [-0.39, 0.29) is 0 Å². The Morgan fingerprint density at radius 3 is 1.96 bits per heavy atom. The smallest absolute Gasteiger partial charge is 0.160 e. The highest BCUT2D eigenvalue weighted by Crippen LogP contribution is 2.44. The third-order valence-electron chi connectivity index (χ3n) is 9.44. The van der Waals surface area contributed by atoms with Gasteiger partial charge < -0.3 is 4.42 Å².